The van der Waals surface area contributed by atoms with Crippen molar-refractivity contribution in [3.63, 3.8) is 0 Å². The van der Waals surface area contributed by atoms with Crippen LogP contribution in [0.3, 0.4) is 0 Å². The Balaban J connectivity index is 1.82. The van der Waals surface area contributed by atoms with Gasteiger partial charge in [0.2, 0.25) is 9.84 Å². The molecule has 1 heterocycles. The standard InChI is InChI=1S/C19H14N2O4S/c1-25-17-6-2-13(3-7-17)10-15(12-20)19(22)21-16-5-4-14-8-9-26(23,24)18(14)11-16/h2-11H,1H3,(H,21,22)/b15-10+. The highest BCUT2D eigenvalue weighted by molar-refractivity contribution is 7.94. The summed E-state index contributed by atoms with van der Waals surface area (Å²) in [6, 6.07) is 13.3. The number of carbonyl (C=O) groups excluding carboxylic acids is 1. The number of nitrogens with one attached hydrogen (secondary N) is 1. The highest BCUT2D eigenvalue weighted by Gasteiger charge is 2.21. The summed E-state index contributed by atoms with van der Waals surface area (Å²) in [5.41, 5.74) is 1.43. The molecule has 0 aliphatic carbocycles. The zero-order chi connectivity index (χ0) is 18.7. The highest BCUT2D eigenvalue weighted by Crippen LogP contribution is 2.29. The lowest BCUT2D eigenvalue weighted by Gasteiger charge is -2.07. The molecule has 3 rings (SSSR count). The van der Waals surface area contributed by atoms with Crippen LogP contribution in [0.4, 0.5) is 5.69 Å². The molecule has 1 amide bonds. The number of anilines is 1. The number of benzene rings is 2. The van der Waals surface area contributed by atoms with Gasteiger partial charge >= 0.3 is 0 Å². The molecule has 2 aromatic carbocycles. The summed E-state index contributed by atoms with van der Waals surface area (Å²) in [6.07, 6.45) is 2.95. The van der Waals surface area contributed by atoms with E-state index in [4.69, 9.17) is 4.74 Å². The molecule has 1 N–H and O–H groups in total. The van der Waals surface area contributed by atoms with Crippen LogP contribution in [-0.4, -0.2) is 21.4 Å². The van der Waals surface area contributed by atoms with E-state index in [1.807, 2.05) is 6.07 Å². The van der Waals surface area contributed by atoms with E-state index in [0.717, 1.165) is 5.41 Å². The Morgan fingerprint density at radius 2 is 1.92 bits per heavy atom. The highest BCUT2D eigenvalue weighted by atomic mass is 32.2. The number of methoxy groups -OCH3 is 1. The molecule has 0 saturated carbocycles. The minimum absolute atomic E-state index is 0.100. The Labute approximate surface area is 151 Å². The first kappa shape index (κ1) is 17.5. The third-order valence-electron chi connectivity index (χ3n) is 3.80. The van der Waals surface area contributed by atoms with Crippen LogP contribution in [0.5, 0.6) is 5.75 Å². The number of hydrogen-bond donors (Lipinski definition) is 1. The summed E-state index contributed by atoms with van der Waals surface area (Å²) in [5.74, 6) is 0.0460. The third kappa shape index (κ3) is 3.50. The summed E-state index contributed by atoms with van der Waals surface area (Å²) in [5, 5.41) is 12.9. The summed E-state index contributed by atoms with van der Waals surface area (Å²) in [6.45, 7) is 0. The Morgan fingerprint density at radius 1 is 1.19 bits per heavy atom. The minimum atomic E-state index is -3.47. The molecule has 2 aromatic rings. The molecule has 130 valence electrons. The fourth-order valence-corrected chi connectivity index (χ4v) is 3.67. The van der Waals surface area contributed by atoms with Gasteiger partial charge in [-0.05, 0) is 47.5 Å². The lowest BCUT2D eigenvalue weighted by atomic mass is 10.1. The van der Waals surface area contributed by atoms with E-state index in [-0.39, 0.29) is 10.5 Å². The number of carbonyl (C=O) groups is 1. The van der Waals surface area contributed by atoms with Crippen molar-refractivity contribution in [1.82, 2.24) is 0 Å². The molecule has 26 heavy (non-hydrogen) atoms. The van der Waals surface area contributed by atoms with Crippen molar-refractivity contribution in [3.05, 3.63) is 64.6 Å². The fraction of sp³-hybridized carbons (Fsp3) is 0.0526. The molecular formula is C19H14N2O4S. The first-order valence-corrected chi connectivity index (χ1v) is 9.12. The lowest BCUT2D eigenvalue weighted by molar-refractivity contribution is -0.112. The van der Waals surface area contributed by atoms with E-state index in [2.05, 4.69) is 5.32 Å². The van der Waals surface area contributed by atoms with E-state index in [0.29, 0.717) is 22.6 Å². The maximum Gasteiger partial charge on any atom is 0.266 e. The molecule has 7 heteroatoms. The molecule has 0 bridgehead atoms. The molecule has 0 saturated heterocycles. The van der Waals surface area contributed by atoms with Gasteiger partial charge in [0, 0.05) is 11.1 Å². The van der Waals surface area contributed by atoms with Crippen LogP contribution in [0.15, 0.2) is 58.3 Å². The largest absolute Gasteiger partial charge is 0.497 e. The zero-order valence-electron chi connectivity index (χ0n) is 13.8. The Morgan fingerprint density at radius 3 is 2.58 bits per heavy atom. The second-order valence-corrected chi connectivity index (χ2v) is 7.30. The monoisotopic (exact) mass is 366 g/mol. The van der Waals surface area contributed by atoms with Crippen LogP contribution in [0, 0.1) is 11.3 Å². The van der Waals surface area contributed by atoms with Crippen molar-refractivity contribution in [3.8, 4) is 11.8 Å². The number of nitrogens with zero attached hydrogens (tertiary/aromatic N) is 1. The Bertz CT molecular complexity index is 1080. The molecule has 1 aliphatic rings. The zero-order valence-corrected chi connectivity index (χ0v) is 14.6. The van der Waals surface area contributed by atoms with Crippen molar-refractivity contribution in [2.75, 3.05) is 12.4 Å². The van der Waals surface area contributed by atoms with Gasteiger partial charge in [-0.1, -0.05) is 18.2 Å². The number of nitriles is 1. The average molecular weight is 366 g/mol. The number of hydrogen-bond acceptors (Lipinski definition) is 5. The van der Waals surface area contributed by atoms with Gasteiger partial charge in [-0.3, -0.25) is 4.79 Å². The molecule has 0 aromatic heterocycles. The number of ether oxygens (including phenoxy) is 1. The first-order chi connectivity index (χ1) is 12.4. The van der Waals surface area contributed by atoms with Crippen molar-refractivity contribution in [2.24, 2.45) is 0 Å². The van der Waals surface area contributed by atoms with E-state index in [1.165, 1.54) is 18.2 Å². The first-order valence-electron chi connectivity index (χ1n) is 7.57. The molecular weight excluding hydrogens is 352 g/mol. The van der Waals surface area contributed by atoms with Crippen molar-refractivity contribution in [1.29, 1.82) is 5.26 Å². The maximum absolute atomic E-state index is 12.3. The smallest absolute Gasteiger partial charge is 0.266 e. The normalized spacial score (nSPS) is 14.4. The van der Waals surface area contributed by atoms with Crippen molar-refractivity contribution >= 4 is 33.6 Å². The predicted molar refractivity (Wildman–Crippen MR) is 97.9 cm³/mol. The average Bonchev–Trinajstić information content (AvgIpc) is 2.94. The van der Waals surface area contributed by atoms with Crippen LogP contribution in [-0.2, 0) is 14.6 Å². The van der Waals surface area contributed by atoms with Crippen LogP contribution < -0.4 is 10.1 Å². The quantitative estimate of drug-likeness (QED) is 0.663. The van der Waals surface area contributed by atoms with Crippen molar-refractivity contribution < 1.29 is 17.9 Å². The van der Waals surface area contributed by atoms with Gasteiger partial charge in [0.05, 0.1) is 12.0 Å². The Hall–Kier alpha value is -3.37. The Kier molecular flexibility index (Phi) is 4.61. The van der Waals surface area contributed by atoms with Gasteiger partial charge in [-0.2, -0.15) is 5.26 Å². The van der Waals surface area contributed by atoms with Crippen LogP contribution in [0.2, 0.25) is 0 Å². The summed E-state index contributed by atoms with van der Waals surface area (Å²) in [4.78, 5) is 12.5. The minimum Gasteiger partial charge on any atom is -0.497 e. The second-order valence-electron chi connectivity index (χ2n) is 5.50. The molecule has 1 aliphatic heterocycles. The molecule has 0 fully saturated rings. The van der Waals surface area contributed by atoms with Gasteiger partial charge in [0.1, 0.15) is 17.4 Å². The van der Waals surface area contributed by atoms with Crippen LogP contribution in [0.1, 0.15) is 11.1 Å². The molecule has 6 nitrogen and oxygen atoms in total. The SMILES string of the molecule is COc1ccc(/C=C(\C#N)C(=O)Nc2ccc3c(c2)S(=O)(=O)C=C3)cc1. The van der Waals surface area contributed by atoms with Gasteiger partial charge in [-0.15, -0.1) is 0 Å². The molecule has 0 atom stereocenters. The fourth-order valence-electron chi connectivity index (χ4n) is 2.45. The van der Waals surface area contributed by atoms with Crippen molar-refractivity contribution in [2.45, 2.75) is 4.90 Å². The predicted octanol–water partition coefficient (Wildman–Crippen LogP) is 3.00. The number of fused-ring (bicyclic) bond motifs is 1. The molecule has 0 unspecified atom stereocenters. The third-order valence-corrected chi connectivity index (χ3v) is 5.26. The summed E-state index contributed by atoms with van der Waals surface area (Å²) < 4.78 is 28.9. The van der Waals surface area contributed by atoms with E-state index < -0.39 is 15.7 Å². The molecule has 0 spiro atoms. The van der Waals surface area contributed by atoms with Gasteiger partial charge in [0.25, 0.3) is 5.91 Å². The van der Waals surface area contributed by atoms with Gasteiger partial charge < -0.3 is 10.1 Å². The lowest BCUT2D eigenvalue weighted by Crippen LogP contribution is -2.13. The maximum atomic E-state index is 12.3. The number of amides is 1. The number of rotatable bonds is 4. The van der Waals surface area contributed by atoms with Crippen LogP contribution in [0.25, 0.3) is 12.2 Å². The van der Waals surface area contributed by atoms with Crippen LogP contribution >= 0.6 is 0 Å². The number of sulfone groups is 1. The van der Waals surface area contributed by atoms with E-state index >= 15 is 0 Å². The van der Waals surface area contributed by atoms with E-state index in [1.54, 1.807) is 43.5 Å². The second kappa shape index (κ2) is 6.86. The van der Waals surface area contributed by atoms with Gasteiger partial charge in [-0.25, -0.2) is 8.42 Å². The summed E-state index contributed by atoms with van der Waals surface area (Å²) in [7, 11) is -1.92. The molecule has 0 radical (unpaired) electrons. The van der Waals surface area contributed by atoms with Gasteiger partial charge in [0.15, 0.2) is 0 Å². The van der Waals surface area contributed by atoms with E-state index in [9.17, 15) is 18.5 Å². The topological polar surface area (TPSA) is 96.3 Å². The summed E-state index contributed by atoms with van der Waals surface area (Å²) >= 11 is 0.